The summed E-state index contributed by atoms with van der Waals surface area (Å²) < 4.78 is 0. The van der Waals surface area contributed by atoms with E-state index in [1.54, 1.807) is 0 Å². The van der Waals surface area contributed by atoms with Gasteiger partial charge in [-0.1, -0.05) is 30.3 Å². The SMILES string of the molecule is C1=NCCN(Cc2ccccc2)C1. The van der Waals surface area contributed by atoms with Crippen LogP contribution in [-0.2, 0) is 6.54 Å². The standard InChI is InChI=1S/C11H14N2/c1-2-4-11(5-3-1)10-13-8-6-12-7-9-13/h1-6H,7-10H2. The third-order valence-corrected chi connectivity index (χ3v) is 2.26. The van der Waals surface area contributed by atoms with Gasteiger partial charge in [0, 0.05) is 25.8 Å². The zero-order chi connectivity index (χ0) is 8.93. The maximum absolute atomic E-state index is 4.20. The molecular weight excluding hydrogens is 160 g/mol. The lowest BCUT2D eigenvalue weighted by molar-refractivity contribution is 0.305. The number of hydrogen-bond acceptors (Lipinski definition) is 2. The molecule has 13 heavy (non-hydrogen) atoms. The molecule has 0 saturated carbocycles. The Bertz CT molecular complexity index is 279. The summed E-state index contributed by atoms with van der Waals surface area (Å²) in [6.45, 7) is 4.08. The number of hydrogen-bond donors (Lipinski definition) is 0. The summed E-state index contributed by atoms with van der Waals surface area (Å²) in [7, 11) is 0. The summed E-state index contributed by atoms with van der Waals surface area (Å²) in [6.07, 6.45) is 2.01. The molecule has 0 amide bonds. The summed E-state index contributed by atoms with van der Waals surface area (Å²) in [4.78, 5) is 6.61. The maximum Gasteiger partial charge on any atom is 0.0513 e. The molecule has 1 aliphatic rings. The largest absolute Gasteiger partial charge is 0.295 e. The van der Waals surface area contributed by atoms with E-state index in [0.29, 0.717) is 0 Å². The molecule has 0 radical (unpaired) electrons. The second-order valence-corrected chi connectivity index (χ2v) is 3.31. The van der Waals surface area contributed by atoms with Gasteiger partial charge in [0.2, 0.25) is 0 Å². The van der Waals surface area contributed by atoms with Crippen LogP contribution in [0.15, 0.2) is 35.3 Å². The lowest BCUT2D eigenvalue weighted by atomic mass is 10.2. The highest BCUT2D eigenvalue weighted by molar-refractivity contribution is 5.60. The van der Waals surface area contributed by atoms with E-state index in [1.807, 2.05) is 6.21 Å². The monoisotopic (exact) mass is 174 g/mol. The third-order valence-electron chi connectivity index (χ3n) is 2.26. The van der Waals surface area contributed by atoms with Crippen LogP contribution in [0.5, 0.6) is 0 Å². The Balaban J connectivity index is 1.94. The van der Waals surface area contributed by atoms with Crippen molar-refractivity contribution in [3.63, 3.8) is 0 Å². The minimum Gasteiger partial charge on any atom is -0.295 e. The Morgan fingerprint density at radius 2 is 2.08 bits per heavy atom. The van der Waals surface area contributed by atoms with Crippen LogP contribution in [0.2, 0.25) is 0 Å². The second-order valence-electron chi connectivity index (χ2n) is 3.31. The fourth-order valence-electron chi connectivity index (χ4n) is 1.54. The third kappa shape index (κ3) is 2.39. The molecule has 0 aromatic heterocycles. The molecule has 1 heterocycles. The van der Waals surface area contributed by atoms with Crippen LogP contribution >= 0.6 is 0 Å². The van der Waals surface area contributed by atoms with Crippen LogP contribution in [0.25, 0.3) is 0 Å². The molecule has 0 fully saturated rings. The molecule has 1 aliphatic heterocycles. The molecule has 0 saturated heterocycles. The van der Waals surface area contributed by atoms with Crippen LogP contribution in [0, 0.1) is 0 Å². The zero-order valence-corrected chi connectivity index (χ0v) is 7.69. The molecule has 0 aliphatic carbocycles. The van der Waals surface area contributed by atoms with E-state index in [9.17, 15) is 0 Å². The maximum atomic E-state index is 4.20. The van der Waals surface area contributed by atoms with E-state index < -0.39 is 0 Å². The molecule has 2 nitrogen and oxygen atoms in total. The van der Waals surface area contributed by atoms with Crippen molar-refractivity contribution in [3.8, 4) is 0 Å². The number of nitrogens with zero attached hydrogens (tertiary/aromatic N) is 2. The van der Waals surface area contributed by atoms with Crippen LogP contribution in [-0.4, -0.2) is 30.7 Å². The zero-order valence-electron chi connectivity index (χ0n) is 7.69. The van der Waals surface area contributed by atoms with E-state index in [4.69, 9.17) is 0 Å². The summed E-state index contributed by atoms with van der Waals surface area (Å²) in [6, 6.07) is 10.6. The average Bonchev–Trinajstić information content (AvgIpc) is 2.21. The quantitative estimate of drug-likeness (QED) is 0.664. The smallest absolute Gasteiger partial charge is 0.0513 e. The number of aliphatic imine (C=N–C) groups is 1. The second kappa shape index (κ2) is 4.19. The van der Waals surface area contributed by atoms with E-state index in [0.717, 1.165) is 26.2 Å². The molecule has 0 atom stereocenters. The summed E-state index contributed by atoms with van der Waals surface area (Å²) in [5.41, 5.74) is 1.39. The fourth-order valence-corrected chi connectivity index (χ4v) is 1.54. The molecule has 2 rings (SSSR count). The Labute approximate surface area is 78.9 Å². The van der Waals surface area contributed by atoms with E-state index in [1.165, 1.54) is 5.56 Å². The molecule has 1 aromatic rings. The number of rotatable bonds is 2. The van der Waals surface area contributed by atoms with Crippen molar-refractivity contribution in [2.75, 3.05) is 19.6 Å². The van der Waals surface area contributed by atoms with Gasteiger partial charge in [0.15, 0.2) is 0 Å². The Morgan fingerprint density at radius 1 is 1.23 bits per heavy atom. The fraction of sp³-hybridized carbons (Fsp3) is 0.364. The lowest BCUT2D eigenvalue weighted by Gasteiger charge is -2.22. The molecule has 68 valence electrons. The average molecular weight is 174 g/mol. The first kappa shape index (κ1) is 8.45. The summed E-state index contributed by atoms with van der Waals surface area (Å²) in [5, 5.41) is 0. The molecule has 0 unspecified atom stereocenters. The van der Waals surface area contributed by atoms with Crippen LogP contribution in [0.1, 0.15) is 5.56 Å². The van der Waals surface area contributed by atoms with Crippen molar-refractivity contribution in [2.45, 2.75) is 6.54 Å². The van der Waals surface area contributed by atoms with Gasteiger partial charge in [-0.15, -0.1) is 0 Å². The van der Waals surface area contributed by atoms with Gasteiger partial charge >= 0.3 is 0 Å². The molecule has 1 aromatic carbocycles. The van der Waals surface area contributed by atoms with Gasteiger partial charge in [0.25, 0.3) is 0 Å². The van der Waals surface area contributed by atoms with Gasteiger partial charge in [-0.25, -0.2) is 0 Å². The summed E-state index contributed by atoms with van der Waals surface area (Å²) in [5.74, 6) is 0. The highest BCUT2D eigenvalue weighted by atomic mass is 15.1. The van der Waals surface area contributed by atoms with Gasteiger partial charge in [0.1, 0.15) is 0 Å². The van der Waals surface area contributed by atoms with Crippen molar-refractivity contribution in [1.82, 2.24) is 4.90 Å². The first-order valence-electron chi connectivity index (χ1n) is 4.70. The van der Waals surface area contributed by atoms with Gasteiger partial charge in [-0.3, -0.25) is 9.89 Å². The van der Waals surface area contributed by atoms with Crippen molar-refractivity contribution in [1.29, 1.82) is 0 Å². The normalized spacial score (nSPS) is 17.5. The number of benzene rings is 1. The highest BCUT2D eigenvalue weighted by Crippen LogP contribution is 2.04. The van der Waals surface area contributed by atoms with Crippen molar-refractivity contribution in [2.24, 2.45) is 4.99 Å². The van der Waals surface area contributed by atoms with Crippen molar-refractivity contribution < 1.29 is 0 Å². The van der Waals surface area contributed by atoms with Crippen LogP contribution < -0.4 is 0 Å². The van der Waals surface area contributed by atoms with Crippen LogP contribution in [0.3, 0.4) is 0 Å². The summed E-state index contributed by atoms with van der Waals surface area (Å²) >= 11 is 0. The van der Waals surface area contributed by atoms with Gasteiger partial charge in [-0.05, 0) is 5.56 Å². The Morgan fingerprint density at radius 3 is 2.77 bits per heavy atom. The minimum atomic E-state index is 0.951. The van der Waals surface area contributed by atoms with Gasteiger partial charge in [-0.2, -0.15) is 0 Å². The predicted molar refractivity (Wildman–Crippen MR) is 55.1 cm³/mol. The van der Waals surface area contributed by atoms with E-state index >= 15 is 0 Å². The molecular formula is C11H14N2. The van der Waals surface area contributed by atoms with Gasteiger partial charge in [0.05, 0.1) is 6.54 Å². The topological polar surface area (TPSA) is 15.6 Å². The van der Waals surface area contributed by atoms with E-state index in [2.05, 4.69) is 40.2 Å². The Hall–Kier alpha value is -1.15. The molecule has 2 heteroatoms. The molecule has 0 spiro atoms. The van der Waals surface area contributed by atoms with Crippen molar-refractivity contribution in [3.05, 3.63) is 35.9 Å². The highest BCUT2D eigenvalue weighted by Gasteiger charge is 2.06. The van der Waals surface area contributed by atoms with Gasteiger partial charge < -0.3 is 0 Å². The molecule has 0 N–H and O–H groups in total. The van der Waals surface area contributed by atoms with Crippen LogP contribution in [0.4, 0.5) is 0 Å². The van der Waals surface area contributed by atoms with E-state index in [-0.39, 0.29) is 0 Å². The lowest BCUT2D eigenvalue weighted by Crippen LogP contribution is -2.31. The first-order valence-corrected chi connectivity index (χ1v) is 4.70. The Kier molecular flexibility index (Phi) is 2.72. The predicted octanol–water partition coefficient (Wildman–Crippen LogP) is 1.57. The van der Waals surface area contributed by atoms with Crippen molar-refractivity contribution >= 4 is 6.21 Å². The first-order chi connectivity index (χ1) is 6.45. The minimum absolute atomic E-state index is 0.951. The molecule has 0 bridgehead atoms.